The molecular formula is C23H23F3O4S. The molecular weight excluding hydrogens is 429 g/mol. The molecule has 0 fully saturated rings. The number of hydrogen-bond acceptors (Lipinski definition) is 5. The molecule has 4 nitrogen and oxygen atoms in total. The molecule has 3 aromatic rings. The molecule has 31 heavy (non-hydrogen) atoms. The lowest BCUT2D eigenvalue weighted by molar-refractivity contribution is -0.145. The van der Waals surface area contributed by atoms with Crippen LogP contribution in [0.5, 0.6) is 5.75 Å². The third kappa shape index (κ3) is 5.70. The van der Waals surface area contributed by atoms with Gasteiger partial charge in [0.05, 0.1) is 10.4 Å². The van der Waals surface area contributed by atoms with E-state index in [9.17, 15) is 18.0 Å². The Labute approximate surface area is 182 Å². The standard InChI is InChI=1S/C23H23F3O4S/c1-4-5-6-7-17-12-18(23(24,25)26)21(31-17)20-10-15-8-9-16(11-19(15)30-20)28-13-29-22(27)14(2)3/h8-12H,2,4-7,13H2,1,3H3. The van der Waals surface area contributed by atoms with Crippen LogP contribution >= 0.6 is 11.3 Å². The molecule has 1 aromatic carbocycles. The molecule has 0 spiro atoms. The Morgan fingerprint density at radius 1 is 1.19 bits per heavy atom. The third-order valence-corrected chi connectivity index (χ3v) is 5.80. The van der Waals surface area contributed by atoms with E-state index in [0.717, 1.165) is 30.6 Å². The van der Waals surface area contributed by atoms with E-state index >= 15 is 0 Å². The fourth-order valence-electron chi connectivity index (χ4n) is 3.00. The number of carbonyl (C=O) groups is 1. The highest BCUT2D eigenvalue weighted by atomic mass is 32.1. The summed E-state index contributed by atoms with van der Waals surface area (Å²) < 4.78 is 56.8. The number of carbonyl (C=O) groups excluding carboxylic acids is 1. The van der Waals surface area contributed by atoms with Crippen molar-refractivity contribution in [3.05, 3.63) is 52.9 Å². The van der Waals surface area contributed by atoms with E-state index in [1.54, 1.807) is 24.3 Å². The van der Waals surface area contributed by atoms with Crippen LogP contribution in [0.4, 0.5) is 13.2 Å². The van der Waals surface area contributed by atoms with Crippen LogP contribution in [0.1, 0.15) is 43.6 Å². The molecule has 0 saturated carbocycles. The van der Waals surface area contributed by atoms with Crippen LogP contribution in [-0.2, 0) is 22.1 Å². The molecule has 0 aliphatic rings. The van der Waals surface area contributed by atoms with Crippen LogP contribution in [0, 0.1) is 0 Å². The maximum Gasteiger partial charge on any atom is 0.417 e. The van der Waals surface area contributed by atoms with Crippen molar-refractivity contribution in [2.75, 3.05) is 6.79 Å². The normalized spacial score (nSPS) is 11.6. The van der Waals surface area contributed by atoms with Crippen LogP contribution in [-0.4, -0.2) is 12.8 Å². The van der Waals surface area contributed by atoms with Gasteiger partial charge in [0, 0.05) is 21.9 Å². The molecule has 0 atom stereocenters. The maximum absolute atomic E-state index is 13.6. The van der Waals surface area contributed by atoms with Gasteiger partial charge in [-0.05, 0) is 44.0 Å². The van der Waals surface area contributed by atoms with Crippen molar-refractivity contribution in [1.29, 1.82) is 0 Å². The molecule has 0 radical (unpaired) electrons. The maximum atomic E-state index is 13.6. The van der Waals surface area contributed by atoms with Gasteiger partial charge in [-0.15, -0.1) is 11.3 Å². The Morgan fingerprint density at radius 3 is 2.65 bits per heavy atom. The first kappa shape index (κ1) is 22.9. The Morgan fingerprint density at radius 2 is 1.97 bits per heavy atom. The molecule has 166 valence electrons. The van der Waals surface area contributed by atoms with Crippen LogP contribution in [0.25, 0.3) is 21.6 Å². The average molecular weight is 452 g/mol. The quantitative estimate of drug-likeness (QED) is 0.147. The lowest BCUT2D eigenvalue weighted by Gasteiger charge is -2.06. The number of benzene rings is 1. The largest absolute Gasteiger partial charge is 0.457 e. The van der Waals surface area contributed by atoms with Gasteiger partial charge >= 0.3 is 12.1 Å². The summed E-state index contributed by atoms with van der Waals surface area (Å²) in [6.07, 6.45) is -1.02. The first-order valence-electron chi connectivity index (χ1n) is 9.88. The summed E-state index contributed by atoms with van der Waals surface area (Å²) >= 11 is 1.12. The Bertz CT molecular complexity index is 1080. The number of thiophene rings is 1. The molecule has 0 aliphatic heterocycles. The summed E-state index contributed by atoms with van der Waals surface area (Å²) in [4.78, 5) is 12.2. The number of furan rings is 1. The second-order valence-corrected chi connectivity index (χ2v) is 8.33. The van der Waals surface area contributed by atoms with Crippen molar-refractivity contribution >= 4 is 28.3 Å². The highest BCUT2D eigenvalue weighted by Crippen LogP contribution is 2.44. The first-order valence-corrected chi connectivity index (χ1v) is 10.7. The lowest BCUT2D eigenvalue weighted by Crippen LogP contribution is -2.10. The summed E-state index contributed by atoms with van der Waals surface area (Å²) in [7, 11) is 0. The minimum absolute atomic E-state index is 0.0769. The molecule has 3 rings (SSSR count). The molecule has 0 aliphatic carbocycles. The molecule has 0 saturated heterocycles. The predicted molar refractivity (Wildman–Crippen MR) is 114 cm³/mol. The number of rotatable bonds is 9. The predicted octanol–water partition coefficient (Wildman–Crippen LogP) is 7.37. The van der Waals surface area contributed by atoms with Crippen LogP contribution in [0.3, 0.4) is 0 Å². The minimum atomic E-state index is -4.46. The van der Waals surface area contributed by atoms with E-state index in [-0.39, 0.29) is 23.0 Å². The second kappa shape index (κ2) is 9.60. The van der Waals surface area contributed by atoms with E-state index in [2.05, 4.69) is 13.5 Å². The summed E-state index contributed by atoms with van der Waals surface area (Å²) in [5, 5.41) is 0.648. The summed E-state index contributed by atoms with van der Waals surface area (Å²) in [5.41, 5.74) is -0.0424. The topological polar surface area (TPSA) is 48.7 Å². The van der Waals surface area contributed by atoms with E-state index in [4.69, 9.17) is 13.9 Å². The van der Waals surface area contributed by atoms with Gasteiger partial charge in [-0.2, -0.15) is 13.2 Å². The van der Waals surface area contributed by atoms with Gasteiger partial charge in [0.25, 0.3) is 0 Å². The van der Waals surface area contributed by atoms with E-state index < -0.39 is 17.7 Å². The van der Waals surface area contributed by atoms with Gasteiger partial charge in [0.2, 0.25) is 6.79 Å². The van der Waals surface area contributed by atoms with Gasteiger partial charge in [0.15, 0.2) is 0 Å². The average Bonchev–Trinajstić information content (AvgIpc) is 3.31. The van der Waals surface area contributed by atoms with Gasteiger partial charge in [-0.3, -0.25) is 0 Å². The molecule has 0 unspecified atom stereocenters. The third-order valence-electron chi connectivity index (χ3n) is 4.59. The van der Waals surface area contributed by atoms with Gasteiger partial charge < -0.3 is 13.9 Å². The SMILES string of the molecule is C=C(C)C(=O)OCOc1ccc2cc(-c3sc(CCCCC)cc3C(F)(F)F)oc2c1. The van der Waals surface area contributed by atoms with Crippen molar-refractivity contribution in [2.45, 2.75) is 45.7 Å². The van der Waals surface area contributed by atoms with Crippen LogP contribution in [0.2, 0.25) is 0 Å². The summed E-state index contributed by atoms with van der Waals surface area (Å²) in [5.74, 6) is -0.0428. The zero-order valence-corrected chi connectivity index (χ0v) is 18.1. The number of alkyl halides is 3. The van der Waals surface area contributed by atoms with Crippen LogP contribution in [0.15, 0.2) is 46.9 Å². The highest BCUT2D eigenvalue weighted by molar-refractivity contribution is 7.15. The zero-order chi connectivity index (χ0) is 22.6. The number of aryl methyl sites for hydroxylation is 1. The fourth-order valence-corrected chi connectivity index (χ4v) is 4.17. The summed E-state index contributed by atoms with van der Waals surface area (Å²) in [6.45, 7) is 6.74. The highest BCUT2D eigenvalue weighted by Gasteiger charge is 2.36. The van der Waals surface area contributed by atoms with E-state index in [1.807, 2.05) is 0 Å². The Hall–Kier alpha value is -2.74. The molecule has 8 heteroatoms. The minimum Gasteiger partial charge on any atom is -0.457 e. The van der Waals surface area contributed by atoms with E-state index in [0.29, 0.717) is 28.0 Å². The molecule has 0 amide bonds. The van der Waals surface area contributed by atoms with Crippen molar-refractivity contribution < 1.29 is 31.9 Å². The fraction of sp³-hybridized carbons (Fsp3) is 0.348. The van der Waals surface area contributed by atoms with Gasteiger partial charge in [0.1, 0.15) is 17.1 Å². The van der Waals surface area contributed by atoms with Crippen molar-refractivity contribution in [3.8, 4) is 16.4 Å². The lowest BCUT2D eigenvalue weighted by atomic mass is 10.1. The smallest absolute Gasteiger partial charge is 0.417 e. The Balaban J connectivity index is 1.84. The number of halogens is 3. The number of unbranched alkanes of at least 4 members (excludes halogenated alkanes) is 2. The van der Waals surface area contributed by atoms with Crippen LogP contribution < -0.4 is 4.74 Å². The molecule has 2 aromatic heterocycles. The van der Waals surface area contributed by atoms with Crippen molar-refractivity contribution in [2.24, 2.45) is 0 Å². The second-order valence-electron chi connectivity index (χ2n) is 7.19. The molecule has 2 heterocycles. The van der Waals surface area contributed by atoms with Crippen molar-refractivity contribution in [1.82, 2.24) is 0 Å². The zero-order valence-electron chi connectivity index (χ0n) is 17.3. The Kier molecular flexibility index (Phi) is 7.10. The number of hydrogen-bond donors (Lipinski definition) is 0. The number of fused-ring (bicyclic) bond motifs is 1. The molecule has 0 N–H and O–H groups in total. The summed E-state index contributed by atoms with van der Waals surface area (Å²) in [6, 6.07) is 7.69. The molecule has 0 bridgehead atoms. The van der Waals surface area contributed by atoms with Gasteiger partial charge in [-0.1, -0.05) is 26.3 Å². The number of ether oxygens (including phenoxy) is 2. The number of esters is 1. The monoisotopic (exact) mass is 452 g/mol. The van der Waals surface area contributed by atoms with E-state index in [1.165, 1.54) is 13.0 Å². The van der Waals surface area contributed by atoms with Gasteiger partial charge in [-0.25, -0.2) is 4.79 Å². The van der Waals surface area contributed by atoms with Crippen molar-refractivity contribution in [3.63, 3.8) is 0 Å². The first-order chi connectivity index (χ1) is 14.7.